The molecule has 1 N–H and O–H groups in total. The summed E-state index contributed by atoms with van der Waals surface area (Å²) in [4.78, 5) is 35.1. The minimum atomic E-state index is -0.435. The number of benzene rings is 1. The Balaban J connectivity index is 1.51. The van der Waals surface area contributed by atoms with E-state index in [1.54, 1.807) is 7.11 Å². The zero-order valence-electron chi connectivity index (χ0n) is 21.1. The largest absolute Gasteiger partial charge is 0.460 e. The summed E-state index contributed by atoms with van der Waals surface area (Å²) in [6, 6.07) is 7.62. The maximum Gasteiger partial charge on any atom is 0.338 e. The SMILES string of the molecule is COCCOC(=O)C1=C(C)N=C2SC=C(CC(=O)NCCN3CCOCC3)N2C1c1cccc(C)c1. The highest BCUT2D eigenvalue weighted by Gasteiger charge is 2.41. The van der Waals surface area contributed by atoms with Crippen LogP contribution in [0.1, 0.15) is 30.5 Å². The molecule has 1 saturated heterocycles. The molecule has 36 heavy (non-hydrogen) atoms. The fourth-order valence-electron chi connectivity index (χ4n) is 4.49. The molecule has 1 fully saturated rings. The minimum absolute atomic E-state index is 0.0603. The van der Waals surface area contributed by atoms with Gasteiger partial charge in [-0.1, -0.05) is 41.6 Å². The molecule has 1 atom stereocenters. The number of carbonyl (C=O) groups excluding carboxylic acids is 2. The third kappa shape index (κ3) is 6.36. The van der Waals surface area contributed by atoms with Crippen molar-refractivity contribution in [3.05, 3.63) is 57.8 Å². The fourth-order valence-corrected chi connectivity index (χ4v) is 5.45. The van der Waals surface area contributed by atoms with Gasteiger partial charge in [-0.25, -0.2) is 9.79 Å². The molecule has 194 valence electrons. The van der Waals surface area contributed by atoms with Crippen LogP contribution in [0.4, 0.5) is 0 Å². The summed E-state index contributed by atoms with van der Waals surface area (Å²) >= 11 is 1.47. The number of ether oxygens (including phenoxy) is 3. The number of allylic oxidation sites excluding steroid dienone is 1. The lowest BCUT2D eigenvalue weighted by Crippen LogP contribution is -2.42. The molecule has 1 unspecified atom stereocenters. The van der Waals surface area contributed by atoms with Crippen LogP contribution in [0.5, 0.6) is 0 Å². The van der Waals surface area contributed by atoms with E-state index in [2.05, 4.69) is 16.3 Å². The molecule has 0 bridgehead atoms. The Morgan fingerprint density at radius 2 is 2.03 bits per heavy atom. The van der Waals surface area contributed by atoms with Crippen molar-refractivity contribution in [1.29, 1.82) is 0 Å². The lowest BCUT2D eigenvalue weighted by atomic mass is 9.93. The van der Waals surface area contributed by atoms with E-state index < -0.39 is 12.0 Å². The molecule has 1 amide bonds. The fraction of sp³-hybridized carbons (Fsp3) is 0.500. The Labute approximate surface area is 216 Å². The summed E-state index contributed by atoms with van der Waals surface area (Å²) in [5, 5.41) is 5.74. The second kappa shape index (κ2) is 12.5. The summed E-state index contributed by atoms with van der Waals surface area (Å²) in [6.07, 6.45) is 0.197. The van der Waals surface area contributed by atoms with E-state index >= 15 is 0 Å². The van der Waals surface area contributed by atoms with E-state index in [4.69, 9.17) is 19.2 Å². The maximum atomic E-state index is 13.2. The number of hydrogen-bond donors (Lipinski definition) is 1. The van der Waals surface area contributed by atoms with Crippen molar-refractivity contribution in [2.24, 2.45) is 4.99 Å². The first kappa shape index (κ1) is 26.4. The molecule has 0 aliphatic carbocycles. The summed E-state index contributed by atoms with van der Waals surface area (Å²) in [6.45, 7) is 8.95. The van der Waals surface area contributed by atoms with E-state index in [0.717, 1.165) is 54.8 Å². The Kier molecular flexibility index (Phi) is 9.19. The van der Waals surface area contributed by atoms with Gasteiger partial charge in [-0.15, -0.1) is 0 Å². The molecule has 4 rings (SSSR count). The van der Waals surface area contributed by atoms with Crippen LogP contribution in [0, 0.1) is 6.92 Å². The number of fused-ring (bicyclic) bond motifs is 1. The number of nitrogens with one attached hydrogen (secondary N) is 1. The normalized spacial score (nSPS) is 20.1. The molecule has 0 radical (unpaired) electrons. The minimum Gasteiger partial charge on any atom is -0.460 e. The van der Waals surface area contributed by atoms with Crippen LogP contribution >= 0.6 is 11.8 Å². The average Bonchev–Trinajstić information content (AvgIpc) is 3.25. The molecule has 0 aromatic heterocycles. The van der Waals surface area contributed by atoms with Crippen molar-refractivity contribution in [2.45, 2.75) is 26.3 Å². The summed E-state index contributed by atoms with van der Waals surface area (Å²) < 4.78 is 15.9. The van der Waals surface area contributed by atoms with E-state index in [0.29, 0.717) is 24.4 Å². The third-order valence-corrected chi connectivity index (χ3v) is 7.18. The van der Waals surface area contributed by atoms with Crippen molar-refractivity contribution in [1.82, 2.24) is 15.1 Å². The Bertz CT molecular complexity index is 1060. The molecule has 3 aliphatic heterocycles. The summed E-state index contributed by atoms with van der Waals surface area (Å²) in [7, 11) is 1.57. The van der Waals surface area contributed by atoms with Crippen LogP contribution in [0.25, 0.3) is 0 Å². The second-order valence-electron chi connectivity index (χ2n) is 8.92. The van der Waals surface area contributed by atoms with Gasteiger partial charge in [-0.2, -0.15) is 0 Å². The first-order chi connectivity index (χ1) is 17.5. The van der Waals surface area contributed by atoms with Crippen LogP contribution in [-0.4, -0.2) is 86.6 Å². The Morgan fingerprint density at radius 1 is 1.22 bits per heavy atom. The first-order valence-electron chi connectivity index (χ1n) is 12.2. The highest BCUT2D eigenvalue weighted by atomic mass is 32.2. The molecule has 3 heterocycles. The number of aryl methyl sites for hydroxylation is 1. The number of carbonyl (C=O) groups is 2. The van der Waals surface area contributed by atoms with Gasteiger partial charge in [0.25, 0.3) is 0 Å². The van der Waals surface area contributed by atoms with Crippen LogP contribution in [0.2, 0.25) is 0 Å². The molecule has 9 nitrogen and oxygen atoms in total. The van der Waals surface area contributed by atoms with Crippen LogP contribution < -0.4 is 5.32 Å². The van der Waals surface area contributed by atoms with Gasteiger partial charge in [0.05, 0.1) is 43.6 Å². The zero-order chi connectivity index (χ0) is 25.5. The Hall–Kier alpha value is -2.66. The number of morpholine rings is 1. The van der Waals surface area contributed by atoms with Gasteiger partial charge >= 0.3 is 5.97 Å². The lowest BCUT2D eigenvalue weighted by Gasteiger charge is -2.36. The van der Waals surface area contributed by atoms with Crippen LogP contribution in [0.15, 0.2) is 51.6 Å². The van der Waals surface area contributed by atoms with Gasteiger partial charge < -0.3 is 24.4 Å². The molecular formula is C26H34N4O5S. The number of aliphatic imine (C=N–C) groups is 1. The number of nitrogens with zero attached hydrogens (tertiary/aromatic N) is 3. The van der Waals surface area contributed by atoms with E-state index in [9.17, 15) is 9.59 Å². The third-order valence-electron chi connectivity index (χ3n) is 6.29. The lowest BCUT2D eigenvalue weighted by molar-refractivity contribution is -0.141. The highest BCUT2D eigenvalue weighted by Crippen LogP contribution is 2.44. The molecule has 3 aliphatic rings. The molecule has 1 aromatic carbocycles. The van der Waals surface area contributed by atoms with Gasteiger partial charge in [0, 0.05) is 39.0 Å². The molecular weight excluding hydrogens is 480 g/mol. The summed E-state index contributed by atoms with van der Waals surface area (Å²) in [5.41, 5.74) is 3.93. The van der Waals surface area contributed by atoms with Crippen molar-refractivity contribution >= 4 is 28.8 Å². The molecule has 1 aromatic rings. The van der Waals surface area contributed by atoms with Crippen molar-refractivity contribution in [3.63, 3.8) is 0 Å². The molecule has 0 spiro atoms. The second-order valence-corrected chi connectivity index (χ2v) is 9.75. The quantitative estimate of drug-likeness (QED) is 0.376. The van der Waals surface area contributed by atoms with Crippen molar-refractivity contribution in [2.75, 3.05) is 59.7 Å². The van der Waals surface area contributed by atoms with Crippen molar-refractivity contribution in [3.8, 4) is 0 Å². The standard InChI is InChI=1S/C26H34N4O5S/c1-18-5-4-6-20(15-18)24-23(25(32)35-14-13-33-3)19(2)28-26-30(24)21(17-36-26)16-22(31)27-7-8-29-9-11-34-12-10-29/h4-6,15,17,24H,7-14,16H2,1-3H3,(H,27,31). The number of rotatable bonds is 10. The number of amidine groups is 1. The van der Waals surface area contributed by atoms with Gasteiger partial charge in [0.1, 0.15) is 6.61 Å². The Morgan fingerprint density at radius 3 is 2.78 bits per heavy atom. The first-order valence-corrected chi connectivity index (χ1v) is 13.1. The van der Waals surface area contributed by atoms with Crippen LogP contribution in [-0.2, 0) is 23.8 Å². The van der Waals surface area contributed by atoms with Gasteiger partial charge in [0.2, 0.25) is 5.91 Å². The predicted molar refractivity (Wildman–Crippen MR) is 139 cm³/mol. The maximum absolute atomic E-state index is 13.2. The number of hydrogen-bond acceptors (Lipinski definition) is 9. The van der Waals surface area contributed by atoms with Gasteiger partial charge in [-0.3, -0.25) is 9.69 Å². The predicted octanol–water partition coefficient (Wildman–Crippen LogP) is 2.60. The van der Waals surface area contributed by atoms with Gasteiger partial charge in [-0.05, 0) is 24.8 Å². The van der Waals surface area contributed by atoms with Gasteiger partial charge in [0.15, 0.2) is 5.17 Å². The zero-order valence-corrected chi connectivity index (χ0v) is 21.9. The number of esters is 1. The van der Waals surface area contributed by atoms with E-state index in [1.807, 2.05) is 42.4 Å². The molecule has 0 saturated carbocycles. The average molecular weight is 515 g/mol. The monoisotopic (exact) mass is 514 g/mol. The topological polar surface area (TPSA) is 92.7 Å². The molecule has 10 heteroatoms. The highest BCUT2D eigenvalue weighted by molar-refractivity contribution is 8.16. The number of amides is 1. The summed E-state index contributed by atoms with van der Waals surface area (Å²) in [5.74, 6) is -0.486. The smallest absolute Gasteiger partial charge is 0.338 e. The number of methoxy groups -OCH3 is 1. The van der Waals surface area contributed by atoms with E-state index in [1.165, 1.54) is 11.8 Å². The van der Waals surface area contributed by atoms with Crippen LogP contribution in [0.3, 0.4) is 0 Å². The number of thioether (sulfide) groups is 1. The van der Waals surface area contributed by atoms with Crippen molar-refractivity contribution < 1.29 is 23.8 Å². The van der Waals surface area contributed by atoms with E-state index in [-0.39, 0.29) is 18.9 Å².